The van der Waals surface area contributed by atoms with E-state index in [9.17, 15) is 32.2 Å². The van der Waals surface area contributed by atoms with Gasteiger partial charge in [-0.2, -0.15) is 4.31 Å². The zero-order valence-corrected chi connectivity index (χ0v) is 26.2. The molecule has 0 aliphatic rings. The van der Waals surface area contributed by atoms with E-state index in [-0.39, 0.29) is 36.7 Å². The Kier molecular flexibility index (Phi) is 10.9. The van der Waals surface area contributed by atoms with E-state index >= 15 is 0 Å². The van der Waals surface area contributed by atoms with Gasteiger partial charge >= 0.3 is 5.97 Å². The molecule has 0 bridgehead atoms. The van der Waals surface area contributed by atoms with Crippen LogP contribution in [0.5, 0.6) is 0 Å². The molecule has 0 saturated heterocycles. The van der Waals surface area contributed by atoms with Crippen LogP contribution in [0.25, 0.3) is 22.4 Å². The van der Waals surface area contributed by atoms with Gasteiger partial charge in [-0.1, -0.05) is 56.3 Å². The molecule has 0 amide bonds. The summed E-state index contributed by atoms with van der Waals surface area (Å²) in [7, 11) is -2.72. The zero-order chi connectivity index (χ0) is 32.9. The van der Waals surface area contributed by atoms with Gasteiger partial charge in [-0.3, -0.25) is 4.79 Å². The standard InChI is InChI=1S/C34H38F2N2O6S/c1-22(2)32-34(45(43,44)37(3)21-23-7-5-4-6-8-23)31(24-9-13-26(35)14-10-24)33(25-11-15-27(36)16-12-25)38(32)18-17-28(39)19-29(40)20-30(41)42/h4-16,22,28-29,39-40H,17-21H2,1-3H3,(H,41,42)/t28-,29-/m1/s1. The van der Waals surface area contributed by atoms with Crippen LogP contribution in [0.2, 0.25) is 0 Å². The summed E-state index contributed by atoms with van der Waals surface area (Å²) < 4.78 is 60.5. The number of hydrogen-bond acceptors (Lipinski definition) is 5. The second-order valence-corrected chi connectivity index (χ2v) is 13.4. The highest BCUT2D eigenvalue weighted by Crippen LogP contribution is 2.45. The maximum Gasteiger partial charge on any atom is 0.305 e. The molecule has 8 nitrogen and oxygen atoms in total. The maximum absolute atomic E-state index is 14.6. The summed E-state index contributed by atoms with van der Waals surface area (Å²) in [6, 6.07) is 20.2. The molecule has 0 aliphatic heterocycles. The van der Waals surface area contributed by atoms with Crippen molar-refractivity contribution in [2.45, 2.75) is 69.2 Å². The highest BCUT2D eigenvalue weighted by atomic mass is 32.2. The van der Waals surface area contributed by atoms with E-state index in [1.165, 1.54) is 59.9 Å². The molecule has 4 aromatic rings. The number of carbonyl (C=O) groups is 1. The Morgan fingerprint density at radius 2 is 1.42 bits per heavy atom. The SMILES string of the molecule is CC(C)c1c(S(=O)(=O)N(C)Cc2ccccc2)c(-c2ccc(F)cc2)c(-c2ccc(F)cc2)n1CC[C@@H](O)C[C@@H](O)CC(=O)O. The van der Waals surface area contributed by atoms with Gasteiger partial charge in [0.25, 0.3) is 0 Å². The fourth-order valence-corrected chi connectivity index (χ4v) is 7.26. The summed E-state index contributed by atoms with van der Waals surface area (Å²) in [4.78, 5) is 11.0. The lowest BCUT2D eigenvalue weighted by Crippen LogP contribution is -2.28. The van der Waals surface area contributed by atoms with Gasteiger partial charge in [0.1, 0.15) is 16.5 Å². The topological polar surface area (TPSA) is 120 Å². The van der Waals surface area contributed by atoms with Crippen LogP contribution in [0, 0.1) is 11.6 Å². The van der Waals surface area contributed by atoms with Crippen LogP contribution in [0.15, 0.2) is 83.8 Å². The number of nitrogens with zero attached hydrogens (tertiary/aromatic N) is 2. The van der Waals surface area contributed by atoms with Crippen molar-refractivity contribution in [2.24, 2.45) is 0 Å². The number of rotatable bonds is 14. The van der Waals surface area contributed by atoms with Gasteiger partial charge in [-0.25, -0.2) is 17.2 Å². The van der Waals surface area contributed by atoms with Crippen molar-refractivity contribution in [1.29, 1.82) is 0 Å². The molecule has 3 N–H and O–H groups in total. The Bertz CT molecular complexity index is 1710. The smallest absolute Gasteiger partial charge is 0.305 e. The molecule has 4 rings (SSSR count). The first kappa shape index (κ1) is 34.0. The summed E-state index contributed by atoms with van der Waals surface area (Å²) in [6.45, 7) is 3.87. The first-order valence-electron chi connectivity index (χ1n) is 14.7. The van der Waals surface area contributed by atoms with E-state index in [0.717, 1.165) is 5.56 Å². The minimum Gasteiger partial charge on any atom is -0.481 e. The fraction of sp³-hybridized carbons (Fsp3) is 0.324. The quantitative estimate of drug-likeness (QED) is 0.155. The predicted molar refractivity (Wildman–Crippen MR) is 168 cm³/mol. The molecule has 0 unspecified atom stereocenters. The largest absolute Gasteiger partial charge is 0.481 e. The normalized spacial score (nSPS) is 13.4. The molecule has 0 spiro atoms. The van der Waals surface area contributed by atoms with Crippen molar-refractivity contribution < 1.29 is 37.3 Å². The monoisotopic (exact) mass is 640 g/mol. The highest BCUT2D eigenvalue weighted by molar-refractivity contribution is 7.89. The molecule has 1 heterocycles. The predicted octanol–water partition coefficient (Wildman–Crippen LogP) is 6.02. The van der Waals surface area contributed by atoms with E-state index < -0.39 is 46.3 Å². The number of aromatic nitrogens is 1. The lowest BCUT2D eigenvalue weighted by Gasteiger charge is -2.22. The van der Waals surface area contributed by atoms with Crippen molar-refractivity contribution in [2.75, 3.05) is 7.05 Å². The van der Waals surface area contributed by atoms with Gasteiger partial charge in [-0.15, -0.1) is 0 Å². The van der Waals surface area contributed by atoms with Crippen LogP contribution in [0.3, 0.4) is 0 Å². The first-order valence-corrected chi connectivity index (χ1v) is 16.1. The third-order valence-corrected chi connectivity index (χ3v) is 9.49. The Morgan fingerprint density at radius 3 is 1.96 bits per heavy atom. The van der Waals surface area contributed by atoms with E-state index in [1.54, 1.807) is 4.57 Å². The number of sulfonamides is 1. The lowest BCUT2D eigenvalue weighted by molar-refractivity contribution is -0.139. The maximum atomic E-state index is 14.6. The van der Waals surface area contributed by atoms with Gasteiger partial charge in [0.2, 0.25) is 10.0 Å². The Labute approximate surface area is 262 Å². The summed E-state index contributed by atoms with van der Waals surface area (Å²) in [5.74, 6) is -2.54. The Hall–Kier alpha value is -3.90. The number of hydrogen-bond donors (Lipinski definition) is 3. The van der Waals surface area contributed by atoms with E-state index in [4.69, 9.17) is 5.11 Å². The molecular weight excluding hydrogens is 602 g/mol. The molecule has 0 fully saturated rings. The van der Waals surface area contributed by atoms with Gasteiger partial charge in [0, 0.05) is 31.4 Å². The lowest BCUT2D eigenvalue weighted by atomic mass is 10.00. The molecule has 3 aromatic carbocycles. The minimum absolute atomic E-state index is 0.0160. The van der Waals surface area contributed by atoms with Gasteiger partial charge in [-0.05, 0) is 71.8 Å². The third kappa shape index (κ3) is 8.04. The van der Waals surface area contributed by atoms with Gasteiger partial charge in [0.15, 0.2) is 0 Å². The average molecular weight is 641 g/mol. The summed E-state index contributed by atoms with van der Waals surface area (Å²) in [5.41, 5.74) is 2.90. The van der Waals surface area contributed by atoms with Crippen molar-refractivity contribution in [3.05, 3.63) is 102 Å². The molecule has 0 radical (unpaired) electrons. The van der Waals surface area contributed by atoms with Crippen LogP contribution in [-0.2, 0) is 27.9 Å². The van der Waals surface area contributed by atoms with Crippen molar-refractivity contribution in [1.82, 2.24) is 8.87 Å². The Balaban J connectivity index is 1.96. The minimum atomic E-state index is -4.21. The van der Waals surface area contributed by atoms with Crippen LogP contribution >= 0.6 is 0 Å². The van der Waals surface area contributed by atoms with E-state index in [1.807, 2.05) is 44.2 Å². The molecule has 0 saturated carbocycles. The summed E-state index contributed by atoms with van der Waals surface area (Å²) in [5, 5.41) is 29.9. The molecule has 240 valence electrons. The van der Waals surface area contributed by atoms with Gasteiger partial charge < -0.3 is 19.9 Å². The highest BCUT2D eigenvalue weighted by Gasteiger charge is 2.36. The Morgan fingerprint density at radius 1 is 0.867 bits per heavy atom. The molecule has 2 atom stereocenters. The van der Waals surface area contributed by atoms with Gasteiger partial charge in [0.05, 0.1) is 24.3 Å². The number of aliphatic hydroxyl groups is 2. The van der Waals surface area contributed by atoms with Crippen LogP contribution < -0.4 is 0 Å². The van der Waals surface area contributed by atoms with Crippen LogP contribution in [0.1, 0.15) is 50.3 Å². The van der Waals surface area contributed by atoms with Crippen molar-refractivity contribution in [3.63, 3.8) is 0 Å². The zero-order valence-electron chi connectivity index (χ0n) is 25.4. The third-order valence-electron chi connectivity index (χ3n) is 7.61. The molecular formula is C34H38F2N2O6S. The van der Waals surface area contributed by atoms with Crippen LogP contribution in [-0.4, -0.2) is 57.8 Å². The van der Waals surface area contributed by atoms with Crippen LogP contribution in [0.4, 0.5) is 8.78 Å². The first-order chi connectivity index (χ1) is 21.3. The molecule has 45 heavy (non-hydrogen) atoms. The van der Waals surface area contributed by atoms with E-state index in [0.29, 0.717) is 28.1 Å². The number of carboxylic acids is 1. The van der Waals surface area contributed by atoms with E-state index in [2.05, 4.69) is 0 Å². The van der Waals surface area contributed by atoms with Crippen molar-refractivity contribution >= 4 is 16.0 Å². The average Bonchev–Trinajstić information content (AvgIpc) is 3.33. The summed E-state index contributed by atoms with van der Waals surface area (Å²) in [6.07, 6.45) is -3.02. The fourth-order valence-electron chi connectivity index (χ4n) is 5.55. The number of halogens is 2. The second-order valence-electron chi connectivity index (χ2n) is 11.4. The number of carboxylic acid groups (broad SMARTS) is 1. The number of aliphatic hydroxyl groups excluding tert-OH is 2. The van der Waals surface area contributed by atoms with Crippen molar-refractivity contribution in [3.8, 4) is 22.4 Å². The number of aliphatic carboxylic acids is 1. The summed E-state index contributed by atoms with van der Waals surface area (Å²) >= 11 is 0. The molecule has 1 aromatic heterocycles. The second kappa shape index (κ2) is 14.5. The number of benzene rings is 3. The molecule has 11 heteroatoms. The molecule has 0 aliphatic carbocycles.